The topological polar surface area (TPSA) is 66.4 Å². The number of hydrogen-bond donors (Lipinski definition) is 2. The number of hydrogen-bond acceptors (Lipinski definition) is 3. The molecule has 0 aliphatic carbocycles. The first-order valence-corrected chi connectivity index (χ1v) is 6.75. The van der Waals surface area contributed by atoms with Crippen LogP contribution in [0.15, 0.2) is 29.0 Å². The van der Waals surface area contributed by atoms with Crippen LogP contribution < -0.4 is 5.32 Å². The molecule has 0 spiro atoms. The quantitative estimate of drug-likeness (QED) is 0.899. The summed E-state index contributed by atoms with van der Waals surface area (Å²) in [6.45, 7) is 0. The van der Waals surface area contributed by atoms with E-state index in [4.69, 9.17) is 28.3 Å². The number of thiophene rings is 1. The van der Waals surface area contributed by atoms with E-state index in [1.54, 1.807) is 16.8 Å². The van der Waals surface area contributed by atoms with Gasteiger partial charge in [0.1, 0.15) is 0 Å². The predicted molar refractivity (Wildman–Crippen MR) is 75.7 cm³/mol. The molecule has 1 aromatic carbocycles. The summed E-state index contributed by atoms with van der Waals surface area (Å²) in [7, 11) is 0. The number of carbonyl (C=O) groups excluding carboxylic acids is 1. The van der Waals surface area contributed by atoms with Gasteiger partial charge >= 0.3 is 5.97 Å². The Hall–Kier alpha value is -1.56. The molecule has 0 bridgehead atoms. The van der Waals surface area contributed by atoms with Crippen molar-refractivity contribution >= 4 is 52.1 Å². The van der Waals surface area contributed by atoms with E-state index in [9.17, 15) is 9.59 Å². The second-order valence-corrected chi connectivity index (χ2v) is 5.21. The van der Waals surface area contributed by atoms with E-state index in [-0.39, 0.29) is 21.3 Å². The van der Waals surface area contributed by atoms with Gasteiger partial charge in [-0.25, -0.2) is 4.79 Å². The van der Waals surface area contributed by atoms with Crippen LogP contribution >= 0.6 is 34.5 Å². The molecular weight excluding hydrogens is 309 g/mol. The molecule has 0 atom stereocenters. The Bertz CT molecular complexity index is 641. The number of carbonyl (C=O) groups is 2. The van der Waals surface area contributed by atoms with E-state index in [1.807, 2.05) is 0 Å². The van der Waals surface area contributed by atoms with E-state index < -0.39 is 11.9 Å². The minimum atomic E-state index is -1.22. The van der Waals surface area contributed by atoms with Crippen molar-refractivity contribution in [2.24, 2.45) is 0 Å². The van der Waals surface area contributed by atoms with Crippen molar-refractivity contribution in [3.63, 3.8) is 0 Å². The third-order valence-corrected chi connectivity index (χ3v) is 3.51. The van der Waals surface area contributed by atoms with Gasteiger partial charge in [0.25, 0.3) is 5.91 Å². The first-order chi connectivity index (χ1) is 8.99. The fraction of sp³-hybridized carbons (Fsp3) is 0. The van der Waals surface area contributed by atoms with Gasteiger partial charge in [-0.1, -0.05) is 23.2 Å². The largest absolute Gasteiger partial charge is 0.478 e. The molecule has 0 fully saturated rings. The zero-order valence-corrected chi connectivity index (χ0v) is 11.6. The van der Waals surface area contributed by atoms with Gasteiger partial charge in [0.15, 0.2) is 0 Å². The summed E-state index contributed by atoms with van der Waals surface area (Å²) >= 11 is 13.0. The zero-order chi connectivity index (χ0) is 14.0. The van der Waals surface area contributed by atoms with Crippen LogP contribution in [0.5, 0.6) is 0 Å². The molecule has 2 N–H and O–H groups in total. The highest BCUT2D eigenvalue weighted by Gasteiger charge is 2.18. The van der Waals surface area contributed by atoms with Crippen molar-refractivity contribution in [2.75, 3.05) is 5.32 Å². The molecule has 1 aromatic heterocycles. The van der Waals surface area contributed by atoms with Crippen molar-refractivity contribution < 1.29 is 14.7 Å². The van der Waals surface area contributed by atoms with E-state index in [0.717, 1.165) is 0 Å². The van der Waals surface area contributed by atoms with Crippen LogP contribution in [-0.2, 0) is 0 Å². The second-order valence-electron chi connectivity index (χ2n) is 3.58. The van der Waals surface area contributed by atoms with E-state index in [2.05, 4.69) is 5.32 Å². The molecule has 2 aromatic rings. The number of benzene rings is 1. The Labute approximate surface area is 122 Å². The monoisotopic (exact) mass is 315 g/mol. The lowest BCUT2D eigenvalue weighted by atomic mass is 10.1. The SMILES string of the molecule is O=C(Nc1c(Cl)cc(Cl)cc1C(=O)O)c1ccsc1. The van der Waals surface area contributed by atoms with Crippen molar-refractivity contribution in [1.82, 2.24) is 0 Å². The normalized spacial score (nSPS) is 10.2. The second kappa shape index (κ2) is 5.61. The lowest BCUT2D eigenvalue weighted by Gasteiger charge is -2.10. The maximum Gasteiger partial charge on any atom is 0.337 e. The average Bonchev–Trinajstić information content (AvgIpc) is 2.85. The molecule has 0 aliphatic rings. The van der Waals surface area contributed by atoms with Crippen LogP contribution in [0.4, 0.5) is 5.69 Å². The molecule has 98 valence electrons. The Balaban J connectivity index is 2.39. The standard InChI is InChI=1S/C12H7Cl2NO3S/c13-7-3-8(12(17)18)10(9(14)4-7)15-11(16)6-1-2-19-5-6/h1-5H,(H,15,16)(H,17,18). The zero-order valence-electron chi connectivity index (χ0n) is 9.31. The minimum absolute atomic E-state index is 0.0368. The maximum atomic E-state index is 11.9. The Morgan fingerprint density at radius 2 is 2.00 bits per heavy atom. The third kappa shape index (κ3) is 3.07. The molecule has 1 heterocycles. The molecule has 4 nitrogen and oxygen atoms in total. The number of rotatable bonds is 3. The Kier molecular flexibility index (Phi) is 4.09. The minimum Gasteiger partial charge on any atom is -0.478 e. The van der Waals surface area contributed by atoms with Gasteiger partial charge in [-0.3, -0.25) is 4.79 Å². The Morgan fingerprint density at radius 1 is 1.26 bits per heavy atom. The highest BCUT2D eigenvalue weighted by molar-refractivity contribution is 7.08. The summed E-state index contributed by atoms with van der Waals surface area (Å²) in [6.07, 6.45) is 0. The number of anilines is 1. The van der Waals surface area contributed by atoms with Gasteiger partial charge in [-0.15, -0.1) is 0 Å². The molecule has 0 radical (unpaired) electrons. The van der Waals surface area contributed by atoms with E-state index in [1.165, 1.54) is 23.5 Å². The first kappa shape index (κ1) is 13.9. The summed E-state index contributed by atoms with van der Waals surface area (Å²) < 4.78 is 0. The summed E-state index contributed by atoms with van der Waals surface area (Å²) in [5.74, 6) is -1.64. The molecule has 19 heavy (non-hydrogen) atoms. The highest BCUT2D eigenvalue weighted by Crippen LogP contribution is 2.30. The first-order valence-electron chi connectivity index (χ1n) is 5.05. The molecule has 1 amide bonds. The van der Waals surface area contributed by atoms with Gasteiger partial charge in [0.05, 0.1) is 21.8 Å². The van der Waals surface area contributed by atoms with Gasteiger partial charge in [-0.2, -0.15) is 11.3 Å². The summed E-state index contributed by atoms with van der Waals surface area (Å²) in [4.78, 5) is 23.0. The van der Waals surface area contributed by atoms with Gasteiger partial charge in [0, 0.05) is 10.4 Å². The van der Waals surface area contributed by atoms with Crippen molar-refractivity contribution in [3.05, 3.63) is 50.1 Å². The van der Waals surface area contributed by atoms with E-state index >= 15 is 0 Å². The van der Waals surface area contributed by atoms with Gasteiger partial charge in [0.2, 0.25) is 0 Å². The van der Waals surface area contributed by atoms with Crippen LogP contribution in [0.1, 0.15) is 20.7 Å². The number of aromatic carboxylic acids is 1. The molecule has 0 saturated heterocycles. The van der Waals surface area contributed by atoms with Crippen molar-refractivity contribution in [1.29, 1.82) is 0 Å². The molecule has 0 unspecified atom stereocenters. The lowest BCUT2D eigenvalue weighted by Crippen LogP contribution is -2.14. The Morgan fingerprint density at radius 3 is 2.58 bits per heavy atom. The van der Waals surface area contributed by atoms with Crippen LogP contribution in [0, 0.1) is 0 Å². The summed E-state index contributed by atoms with van der Waals surface area (Å²) in [6, 6.07) is 4.24. The van der Waals surface area contributed by atoms with Crippen molar-refractivity contribution in [2.45, 2.75) is 0 Å². The maximum absolute atomic E-state index is 11.9. The fourth-order valence-corrected chi connectivity index (χ4v) is 2.63. The third-order valence-electron chi connectivity index (χ3n) is 2.31. The highest BCUT2D eigenvalue weighted by atomic mass is 35.5. The molecule has 2 rings (SSSR count). The molecule has 0 aliphatic heterocycles. The lowest BCUT2D eigenvalue weighted by molar-refractivity contribution is 0.0698. The van der Waals surface area contributed by atoms with E-state index in [0.29, 0.717) is 5.56 Å². The number of nitrogens with one attached hydrogen (secondary N) is 1. The number of carboxylic acid groups (broad SMARTS) is 1. The van der Waals surface area contributed by atoms with Crippen LogP contribution in [0.25, 0.3) is 0 Å². The predicted octanol–water partition coefficient (Wildman–Crippen LogP) is 4.01. The average molecular weight is 316 g/mol. The summed E-state index contributed by atoms with van der Waals surface area (Å²) in [5, 5.41) is 15.2. The molecular formula is C12H7Cl2NO3S. The fourth-order valence-electron chi connectivity index (χ4n) is 1.45. The van der Waals surface area contributed by atoms with Crippen molar-refractivity contribution in [3.8, 4) is 0 Å². The van der Waals surface area contributed by atoms with Crippen LogP contribution in [-0.4, -0.2) is 17.0 Å². The summed E-state index contributed by atoms with van der Waals surface area (Å²) in [5.41, 5.74) is 0.322. The van der Waals surface area contributed by atoms with Gasteiger partial charge < -0.3 is 10.4 Å². The van der Waals surface area contributed by atoms with Gasteiger partial charge in [-0.05, 0) is 23.6 Å². The number of amides is 1. The number of halogens is 2. The van der Waals surface area contributed by atoms with Crippen LogP contribution in [0.2, 0.25) is 10.0 Å². The molecule has 0 saturated carbocycles. The number of carboxylic acids is 1. The molecule has 7 heteroatoms. The smallest absolute Gasteiger partial charge is 0.337 e. The van der Waals surface area contributed by atoms with Crippen LogP contribution in [0.3, 0.4) is 0 Å².